The van der Waals surface area contributed by atoms with Crippen molar-refractivity contribution in [1.82, 2.24) is 4.90 Å². The van der Waals surface area contributed by atoms with Gasteiger partial charge >= 0.3 is 0 Å². The molecule has 0 bridgehead atoms. The van der Waals surface area contributed by atoms with Crippen LogP contribution in [0, 0.1) is 0 Å². The summed E-state index contributed by atoms with van der Waals surface area (Å²) in [7, 11) is 1.91. The number of hydrogen-bond acceptors (Lipinski definition) is 3. The highest BCUT2D eigenvalue weighted by molar-refractivity contribution is 9.10. The second-order valence-corrected chi connectivity index (χ2v) is 5.74. The zero-order valence-electron chi connectivity index (χ0n) is 11.1. The van der Waals surface area contributed by atoms with E-state index < -0.39 is 0 Å². The van der Waals surface area contributed by atoms with Gasteiger partial charge in [0.15, 0.2) is 0 Å². The summed E-state index contributed by atoms with van der Waals surface area (Å²) in [5.74, 6) is 0.179. The van der Waals surface area contributed by atoms with E-state index in [1.54, 1.807) is 0 Å². The third-order valence-corrected chi connectivity index (χ3v) is 4.07. The van der Waals surface area contributed by atoms with Gasteiger partial charge in [-0.25, -0.2) is 0 Å². The molecule has 1 aromatic rings. The average molecular weight is 327 g/mol. The largest absolute Gasteiger partial charge is 0.392 e. The van der Waals surface area contributed by atoms with Crippen molar-refractivity contribution < 1.29 is 9.90 Å². The van der Waals surface area contributed by atoms with Crippen LogP contribution in [0.25, 0.3) is 0 Å². The Labute approximate surface area is 122 Å². The molecule has 1 saturated heterocycles. The number of hydrogen-bond donors (Lipinski definition) is 1. The zero-order chi connectivity index (χ0) is 13.8. The molecule has 104 valence electrons. The van der Waals surface area contributed by atoms with Crippen LogP contribution in [0.4, 0.5) is 5.69 Å². The van der Waals surface area contributed by atoms with E-state index in [2.05, 4.69) is 15.9 Å². The minimum atomic E-state index is 0.0231. The third kappa shape index (κ3) is 3.48. The Bertz CT molecular complexity index is 459. The summed E-state index contributed by atoms with van der Waals surface area (Å²) < 4.78 is 0.899. The van der Waals surface area contributed by atoms with E-state index in [4.69, 9.17) is 5.11 Å². The first-order chi connectivity index (χ1) is 9.11. The molecule has 0 aromatic heterocycles. The number of rotatable bonds is 4. The number of anilines is 1. The lowest BCUT2D eigenvalue weighted by Crippen LogP contribution is -2.37. The number of aliphatic hydroxyl groups is 1. The van der Waals surface area contributed by atoms with Gasteiger partial charge in [-0.1, -0.05) is 6.07 Å². The first kappa shape index (κ1) is 14.3. The third-order valence-electron chi connectivity index (χ3n) is 3.44. The molecule has 0 aliphatic carbocycles. The molecule has 0 spiro atoms. The highest BCUT2D eigenvalue weighted by Gasteiger charge is 2.19. The van der Waals surface area contributed by atoms with Crippen LogP contribution in [-0.4, -0.2) is 42.6 Å². The van der Waals surface area contributed by atoms with Crippen molar-refractivity contribution in [3.8, 4) is 0 Å². The van der Waals surface area contributed by atoms with Crippen molar-refractivity contribution in [2.45, 2.75) is 19.4 Å². The van der Waals surface area contributed by atoms with Crippen molar-refractivity contribution in [2.24, 2.45) is 0 Å². The quantitative estimate of drug-likeness (QED) is 0.920. The fraction of sp³-hybridized carbons (Fsp3) is 0.500. The smallest absolute Gasteiger partial charge is 0.242 e. The molecule has 1 heterocycles. The van der Waals surface area contributed by atoms with Gasteiger partial charge in [-0.15, -0.1) is 0 Å². The number of likely N-dealkylation sites (tertiary alicyclic amines) is 1. The molecule has 0 radical (unpaired) electrons. The Kier molecular flexibility index (Phi) is 4.82. The summed E-state index contributed by atoms with van der Waals surface area (Å²) in [6.45, 7) is 2.18. The maximum atomic E-state index is 12.1. The molecule has 1 N–H and O–H groups in total. The lowest BCUT2D eigenvalue weighted by atomic mass is 10.2. The summed E-state index contributed by atoms with van der Waals surface area (Å²) in [4.78, 5) is 16.0. The van der Waals surface area contributed by atoms with Gasteiger partial charge in [0.25, 0.3) is 0 Å². The highest BCUT2D eigenvalue weighted by Crippen LogP contribution is 2.26. The molecular weight excluding hydrogens is 308 g/mol. The molecular formula is C14H19BrN2O2. The zero-order valence-corrected chi connectivity index (χ0v) is 12.7. The molecule has 2 rings (SSSR count). The van der Waals surface area contributed by atoms with E-state index in [1.807, 2.05) is 35.0 Å². The fourth-order valence-corrected chi connectivity index (χ4v) is 3.04. The molecule has 19 heavy (non-hydrogen) atoms. The Morgan fingerprint density at radius 2 is 2.11 bits per heavy atom. The minimum Gasteiger partial charge on any atom is -0.392 e. The lowest BCUT2D eigenvalue weighted by Gasteiger charge is -2.24. The number of aliphatic hydroxyl groups excluding tert-OH is 1. The average Bonchev–Trinajstić information content (AvgIpc) is 2.92. The molecule has 1 aliphatic heterocycles. The van der Waals surface area contributed by atoms with Crippen molar-refractivity contribution in [3.63, 3.8) is 0 Å². The van der Waals surface area contributed by atoms with Gasteiger partial charge in [0.05, 0.1) is 18.8 Å². The standard InChI is InChI=1S/C14H19BrN2O2/c1-16(9-14(19)17-6-2-3-7-17)13-5-4-11(10-18)8-12(13)15/h4-5,8,18H,2-3,6-7,9-10H2,1H3. The van der Waals surface area contributed by atoms with E-state index in [9.17, 15) is 4.79 Å². The topological polar surface area (TPSA) is 43.8 Å². The molecule has 1 aliphatic rings. The number of likely N-dealkylation sites (N-methyl/N-ethyl adjacent to an activating group) is 1. The van der Waals surface area contributed by atoms with Crippen molar-refractivity contribution >= 4 is 27.5 Å². The molecule has 4 nitrogen and oxygen atoms in total. The summed E-state index contributed by atoms with van der Waals surface area (Å²) in [5, 5.41) is 9.09. The lowest BCUT2D eigenvalue weighted by molar-refractivity contribution is -0.128. The Hall–Kier alpha value is -1.07. The summed E-state index contributed by atoms with van der Waals surface area (Å²) in [6, 6.07) is 5.68. The van der Waals surface area contributed by atoms with E-state index in [1.165, 1.54) is 0 Å². The maximum absolute atomic E-state index is 12.1. The van der Waals surface area contributed by atoms with E-state index in [0.717, 1.165) is 41.7 Å². The van der Waals surface area contributed by atoms with Gasteiger partial charge in [-0.3, -0.25) is 4.79 Å². The minimum absolute atomic E-state index is 0.0231. The summed E-state index contributed by atoms with van der Waals surface area (Å²) >= 11 is 3.48. The number of benzene rings is 1. The molecule has 0 unspecified atom stereocenters. The second kappa shape index (κ2) is 6.39. The first-order valence-electron chi connectivity index (χ1n) is 6.50. The second-order valence-electron chi connectivity index (χ2n) is 4.89. The Morgan fingerprint density at radius 3 is 2.68 bits per heavy atom. The highest BCUT2D eigenvalue weighted by atomic mass is 79.9. The summed E-state index contributed by atoms with van der Waals surface area (Å²) in [6.07, 6.45) is 2.23. The molecule has 0 atom stereocenters. The Balaban J connectivity index is 2.02. The van der Waals surface area contributed by atoms with Gasteiger partial charge in [0.1, 0.15) is 0 Å². The van der Waals surface area contributed by atoms with Crippen LogP contribution in [-0.2, 0) is 11.4 Å². The predicted molar refractivity (Wildman–Crippen MR) is 79.1 cm³/mol. The van der Waals surface area contributed by atoms with Crippen molar-refractivity contribution in [2.75, 3.05) is 31.6 Å². The SMILES string of the molecule is CN(CC(=O)N1CCCC1)c1ccc(CO)cc1Br. The van der Waals surface area contributed by atoms with Gasteiger partial charge < -0.3 is 14.9 Å². The van der Waals surface area contributed by atoms with Crippen LogP contribution in [0.15, 0.2) is 22.7 Å². The van der Waals surface area contributed by atoms with Gasteiger partial charge in [-0.2, -0.15) is 0 Å². The fourth-order valence-electron chi connectivity index (χ4n) is 2.31. The van der Waals surface area contributed by atoms with Crippen molar-refractivity contribution in [1.29, 1.82) is 0 Å². The van der Waals surface area contributed by atoms with Gasteiger partial charge in [-0.05, 0) is 46.5 Å². The van der Waals surface area contributed by atoms with Crippen LogP contribution >= 0.6 is 15.9 Å². The number of halogens is 1. The number of nitrogens with zero attached hydrogens (tertiary/aromatic N) is 2. The molecule has 1 fully saturated rings. The normalized spacial score (nSPS) is 14.8. The van der Waals surface area contributed by atoms with Crippen LogP contribution in [0.5, 0.6) is 0 Å². The van der Waals surface area contributed by atoms with E-state index >= 15 is 0 Å². The van der Waals surface area contributed by atoms with Crippen LogP contribution < -0.4 is 4.90 Å². The van der Waals surface area contributed by atoms with E-state index in [-0.39, 0.29) is 12.5 Å². The molecule has 1 amide bonds. The van der Waals surface area contributed by atoms with Gasteiger partial charge in [0, 0.05) is 24.6 Å². The number of amides is 1. The number of carbonyl (C=O) groups is 1. The Morgan fingerprint density at radius 1 is 1.42 bits per heavy atom. The van der Waals surface area contributed by atoms with E-state index in [0.29, 0.717) is 6.54 Å². The van der Waals surface area contributed by atoms with Crippen LogP contribution in [0.3, 0.4) is 0 Å². The number of carbonyl (C=O) groups excluding carboxylic acids is 1. The van der Waals surface area contributed by atoms with Gasteiger partial charge in [0.2, 0.25) is 5.91 Å². The van der Waals surface area contributed by atoms with Crippen molar-refractivity contribution in [3.05, 3.63) is 28.2 Å². The molecule has 1 aromatic carbocycles. The van der Waals surface area contributed by atoms with Crippen LogP contribution in [0.2, 0.25) is 0 Å². The first-order valence-corrected chi connectivity index (χ1v) is 7.29. The molecule has 5 heteroatoms. The molecule has 0 saturated carbocycles. The van der Waals surface area contributed by atoms with Crippen LogP contribution in [0.1, 0.15) is 18.4 Å². The predicted octanol–water partition coefficient (Wildman–Crippen LogP) is 2.00. The monoisotopic (exact) mass is 326 g/mol. The maximum Gasteiger partial charge on any atom is 0.242 e. The summed E-state index contributed by atoms with van der Waals surface area (Å²) in [5.41, 5.74) is 1.82.